The van der Waals surface area contributed by atoms with Crippen molar-refractivity contribution in [2.45, 2.75) is 19.5 Å². The van der Waals surface area contributed by atoms with E-state index in [9.17, 15) is 0 Å². The minimum Gasteiger partial charge on any atom is -0.379 e. The molecule has 3 heterocycles. The summed E-state index contributed by atoms with van der Waals surface area (Å²) in [6, 6.07) is 8.90. The molecule has 3 rings (SSSR count). The number of thiophene rings is 1. The summed E-state index contributed by atoms with van der Waals surface area (Å²) in [5.74, 6) is 0.851. The molecule has 1 aliphatic heterocycles. The lowest BCUT2D eigenvalue weighted by molar-refractivity contribution is 0.0177. The topological polar surface area (TPSA) is 53.8 Å². The second-order valence-electron chi connectivity index (χ2n) is 6.41. The van der Waals surface area contributed by atoms with Crippen LogP contribution in [0.2, 0.25) is 0 Å². The number of hydrogen-bond acceptors (Lipinski definition) is 4. The van der Waals surface area contributed by atoms with E-state index in [-0.39, 0.29) is 0 Å². The summed E-state index contributed by atoms with van der Waals surface area (Å²) in [6.45, 7) is 8.34. The van der Waals surface area contributed by atoms with Gasteiger partial charge >= 0.3 is 0 Å². The molecule has 1 aliphatic rings. The van der Waals surface area contributed by atoms with Crippen LogP contribution in [0.5, 0.6) is 0 Å². The normalized spacial score (nSPS) is 17.2. The van der Waals surface area contributed by atoms with E-state index < -0.39 is 0 Å². The Bertz CT molecular complexity index is 676. The molecule has 0 bridgehead atoms. The van der Waals surface area contributed by atoms with Crippen LogP contribution in [-0.4, -0.2) is 61.9 Å². The molecule has 6 nitrogen and oxygen atoms in total. The molecule has 0 radical (unpaired) electrons. The first-order valence-corrected chi connectivity index (χ1v) is 10.0. The maximum Gasteiger partial charge on any atom is 0.191 e. The van der Waals surface area contributed by atoms with E-state index in [2.05, 4.69) is 56.5 Å². The van der Waals surface area contributed by atoms with Crippen molar-refractivity contribution in [1.29, 1.82) is 0 Å². The van der Waals surface area contributed by atoms with Gasteiger partial charge in [-0.2, -0.15) is 0 Å². The summed E-state index contributed by atoms with van der Waals surface area (Å²) < 4.78 is 7.69. The average Bonchev–Trinajstić information content (AvgIpc) is 3.33. The lowest BCUT2D eigenvalue weighted by Gasteiger charge is -2.34. The zero-order chi connectivity index (χ0) is 18.2. The van der Waals surface area contributed by atoms with Gasteiger partial charge in [0.1, 0.15) is 0 Å². The minimum absolute atomic E-state index is 0.348. The van der Waals surface area contributed by atoms with Crippen molar-refractivity contribution in [3.63, 3.8) is 0 Å². The van der Waals surface area contributed by atoms with Gasteiger partial charge in [0.05, 0.1) is 19.3 Å². The zero-order valence-corrected chi connectivity index (χ0v) is 16.5. The highest BCUT2D eigenvalue weighted by Crippen LogP contribution is 2.27. The highest BCUT2D eigenvalue weighted by atomic mass is 32.1. The third-order valence-electron chi connectivity index (χ3n) is 4.59. The highest BCUT2D eigenvalue weighted by Gasteiger charge is 2.24. The predicted molar refractivity (Wildman–Crippen MR) is 108 cm³/mol. The highest BCUT2D eigenvalue weighted by molar-refractivity contribution is 7.12. The average molecular weight is 376 g/mol. The van der Waals surface area contributed by atoms with E-state index in [1.54, 1.807) is 0 Å². The van der Waals surface area contributed by atoms with Gasteiger partial charge in [-0.1, -0.05) is 0 Å². The van der Waals surface area contributed by atoms with Crippen LogP contribution in [0, 0.1) is 6.92 Å². The van der Waals surface area contributed by atoms with Crippen molar-refractivity contribution >= 4 is 17.3 Å². The number of nitrogens with zero attached hydrogens (tertiary/aromatic N) is 3. The molecule has 1 fully saturated rings. The van der Waals surface area contributed by atoms with Crippen molar-refractivity contribution in [2.24, 2.45) is 4.99 Å². The summed E-state index contributed by atoms with van der Waals surface area (Å²) in [4.78, 5) is 9.63. The van der Waals surface area contributed by atoms with Crippen molar-refractivity contribution in [1.82, 2.24) is 20.1 Å². The number of aryl methyl sites for hydroxylation is 1. The second-order valence-corrected chi connectivity index (χ2v) is 7.73. The molecule has 26 heavy (non-hydrogen) atoms. The summed E-state index contributed by atoms with van der Waals surface area (Å²) in [5, 5.41) is 6.91. The molecular weight excluding hydrogens is 346 g/mol. The van der Waals surface area contributed by atoms with Crippen molar-refractivity contribution in [3.05, 3.63) is 46.4 Å². The van der Waals surface area contributed by atoms with Crippen LogP contribution in [0.15, 0.2) is 41.7 Å². The third-order valence-corrected chi connectivity index (χ3v) is 5.69. The molecule has 2 aromatic rings. The zero-order valence-electron chi connectivity index (χ0n) is 15.6. The van der Waals surface area contributed by atoms with Crippen LogP contribution in [-0.2, 0) is 11.3 Å². The first-order valence-electron chi connectivity index (χ1n) is 9.19. The lowest BCUT2D eigenvalue weighted by Crippen LogP contribution is -2.46. The number of nitrogens with one attached hydrogen (secondary N) is 2. The number of rotatable bonds is 7. The van der Waals surface area contributed by atoms with E-state index in [1.807, 2.05) is 30.5 Å². The van der Waals surface area contributed by atoms with E-state index in [1.165, 1.54) is 9.75 Å². The third kappa shape index (κ3) is 5.33. The first-order chi connectivity index (χ1) is 12.8. The van der Waals surface area contributed by atoms with Gasteiger partial charge in [0, 0.05) is 61.9 Å². The Hall–Kier alpha value is -1.83. The Kier molecular flexibility index (Phi) is 7.11. The largest absolute Gasteiger partial charge is 0.379 e. The number of morpholine rings is 1. The van der Waals surface area contributed by atoms with Gasteiger partial charge in [0.25, 0.3) is 0 Å². The summed E-state index contributed by atoms with van der Waals surface area (Å²) >= 11 is 1.88. The number of ether oxygens (including phenoxy) is 1. The SMILES string of the molecule is CN=C(NCCn1cccc1)NCC(c1ccc(C)s1)N1CCOCC1. The molecule has 0 spiro atoms. The van der Waals surface area contributed by atoms with Gasteiger partial charge < -0.3 is 19.9 Å². The maximum absolute atomic E-state index is 5.53. The monoisotopic (exact) mass is 375 g/mol. The Morgan fingerprint density at radius 3 is 2.65 bits per heavy atom. The molecule has 2 aromatic heterocycles. The molecule has 142 valence electrons. The molecule has 2 N–H and O–H groups in total. The molecule has 1 saturated heterocycles. The predicted octanol–water partition coefficient (Wildman–Crippen LogP) is 2.10. The Labute approximate surface area is 159 Å². The van der Waals surface area contributed by atoms with Crippen molar-refractivity contribution < 1.29 is 4.74 Å². The number of hydrogen-bond donors (Lipinski definition) is 2. The molecule has 1 atom stereocenters. The summed E-state index contributed by atoms with van der Waals surface area (Å²) in [6.07, 6.45) is 4.15. The van der Waals surface area contributed by atoms with E-state index >= 15 is 0 Å². The van der Waals surface area contributed by atoms with E-state index in [0.717, 1.165) is 51.9 Å². The van der Waals surface area contributed by atoms with Crippen LogP contribution in [0.3, 0.4) is 0 Å². The van der Waals surface area contributed by atoms with Crippen LogP contribution >= 0.6 is 11.3 Å². The summed E-state index contributed by atoms with van der Waals surface area (Å²) in [7, 11) is 1.82. The van der Waals surface area contributed by atoms with Gasteiger partial charge in [-0.25, -0.2) is 0 Å². The molecule has 0 saturated carbocycles. The van der Waals surface area contributed by atoms with Crippen LogP contribution < -0.4 is 10.6 Å². The Balaban J connectivity index is 1.55. The summed E-state index contributed by atoms with van der Waals surface area (Å²) in [5.41, 5.74) is 0. The fourth-order valence-corrected chi connectivity index (χ4v) is 4.18. The molecule has 7 heteroatoms. The molecule has 0 aromatic carbocycles. The Morgan fingerprint density at radius 2 is 2.00 bits per heavy atom. The molecular formula is C19H29N5OS. The van der Waals surface area contributed by atoms with Crippen LogP contribution in [0.1, 0.15) is 15.8 Å². The van der Waals surface area contributed by atoms with Gasteiger partial charge in [-0.3, -0.25) is 9.89 Å². The molecule has 0 amide bonds. The number of aliphatic imine (C=N–C) groups is 1. The molecule has 0 aliphatic carbocycles. The van der Waals surface area contributed by atoms with Crippen LogP contribution in [0.25, 0.3) is 0 Å². The standard InChI is InChI=1S/C19H29N5OS/c1-16-5-6-18(26-16)17(24-11-13-25-14-12-24)15-22-19(20-2)21-7-10-23-8-3-4-9-23/h3-6,8-9,17H,7,10-15H2,1-2H3,(H2,20,21,22). The van der Waals surface area contributed by atoms with Gasteiger partial charge in [-0.05, 0) is 31.2 Å². The molecule has 1 unspecified atom stereocenters. The smallest absolute Gasteiger partial charge is 0.191 e. The maximum atomic E-state index is 5.53. The van der Waals surface area contributed by atoms with E-state index in [4.69, 9.17) is 4.74 Å². The second kappa shape index (κ2) is 9.75. The van der Waals surface area contributed by atoms with Crippen LogP contribution in [0.4, 0.5) is 0 Å². The number of guanidine groups is 1. The van der Waals surface area contributed by atoms with Crippen molar-refractivity contribution in [3.8, 4) is 0 Å². The fraction of sp³-hybridized carbons (Fsp3) is 0.526. The van der Waals surface area contributed by atoms with Crippen molar-refractivity contribution in [2.75, 3.05) is 46.4 Å². The quantitative estimate of drug-likeness (QED) is 0.575. The lowest BCUT2D eigenvalue weighted by atomic mass is 10.2. The van der Waals surface area contributed by atoms with Gasteiger partial charge in [0.15, 0.2) is 5.96 Å². The van der Waals surface area contributed by atoms with Gasteiger partial charge in [-0.15, -0.1) is 11.3 Å². The number of aromatic nitrogens is 1. The fourth-order valence-electron chi connectivity index (χ4n) is 3.17. The minimum atomic E-state index is 0.348. The van der Waals surface area contributed by atoms with E-state index in [0.29, 0.717) is 6.04 Å². The van der Waals surface area contributed by atoms with Gasteiger partial charge in [0.2, 0.25) is 0 Å². The Morgan fingerprint density at radius 1 is 1.23 bits per heavy atom. The first kappa shape index (κ1) is 18.9.